The summed E-state index contributed by atoms with van der Waals surface area (Å²) in [6, 6.07) is 5.43. The van der Waals surface area contributed by atoms with Crippen molar-refractivity contribution in [2.75, 3.05) is 5.32 Å². The van der Waals surface area contributed by atoms with E-state index in [1.807, 2.05) is 26.0 Å². The number of hydrogen-bond donors (Lipinski definition) is 1. The molecular weight excluding hydrogens is 205 g/mol. The second-order valence-electron chi connectivity index (χ2n) is 2.69. The lowest BCUT2D eigenvalue weighted by molar-refractivity contribution is 1.35. The first-order valence-electron chi connectivity index (χ1n) is 3.99. The first-order valence-corrected chi connectivity index (χ1v) is 4.74. The minimum absolute atomic E-state index is 0.633. The maximum atomic E-state index is 5.96. The number of nitrogens with one attached hydrogen (secondary N) is 1. The van der Waals surface area contributed by atoms with Crippen LogP contribution in [0.1, 0.15) is 13.8 Å². The second kappa shape index (κ2) is 4.54. The van der Waals surface area contributed by atoms with Crippen LogP contribution in [0.15, 0.2) is 30.0 Å². The average Bonchev–Trinajstić information content (AvgIpc) is 2.11. The van der Waals surface area contributed by atoms with Crippen molar-refractivity contribution in [3.8, 4) is 0 Å². The quantitative estimate of drug-likeness (QED) is 0.775. The molecule has 0 heterocycles. The van der Waals surface area contributed by atoms with Crippen molar-refractivity contribution >= 4 is 28.9 Å². The highest BCUT2D eigenvalue weighted by Gasteiger charge is 2.03. The van der Waals surface area contributed by atoms with Gasteiger partial charge in [-0.25, -0.2) is 0 Å². The molecule has 70 valence electrons. The summed E-state index contributed by atoms with van der Waals surface area (Å²) in [5.74, 6) is 0. The van der Waals surface area contributed by atoms with Gasteiger partial charge in [0.1, 0.15) is 0 Å². The summed E-state index contributed by atoms with van der Waals surface area (Å²) in [5, 5.41) is 4.39. The summed E-state index contributed by atoms with van der Waals surface area (Å²) in [4.78, 5) is 0. The Balaban J connectivity index is 3.00. The Bertz CT molecular complexity index is 311. The van der Waals surface area contributed by atoms with Gasteiger partial charge >= 0.3 is 0 Å². The maximum absolute atomic E-state index is 5.96. The molecule has 0 saturated carbocycles. The summed E-state index contributed by atoms with van der Waals surface area (Å²) in [6.45, 7) is 3.91. The van der Waals surface area contributed by atoms with Crippen molar-refractivity contribution in [1.82, 2.24) is 0 Å². The Morgan fingerprint density at radius 2 is 1.85 bits per heavy atom. The monoisotopic (exact) mass is 215 g/mol. The fourth-order valence-electron chi connectivity index (χ4n) is 0.887. The van der Waals surface area contributed by atoms with Gasteiger partial charge in [0, 0.05) is 5.70 Å². The van der Waals surface area contributed by atoms with E-state index in [0.29, 0.717) is 10.0 Å². The molecule has 3 heteroatoms. The summed E-state index contributed by atoms with van der Waals surface area (Å²) in [7, 11) is 0. The topological polar surface area (TPSA) is 12.0 Å². The predicted octanol–water partition coefficient (Wildman–Crippen LogP) is 4.33. The number of halogens is 2. The molecule has 0 aliphatic carbocycles. The molecule has 1 aromatic carbocycles. The predicted molar refractivity (Wildman–Crippen MR) is 59.5 cm³/mol. The van der Waals surface area contributed by atoms with Gasteiger partial charge in [0.25, 0.3) is 0 Å². The van der Waals surface area contributed by atoms with Gasteiger partial charge in [0.15, 0.2) is 0 Å². The summed E-state index contributed by atoms with van der Waals surface area (Å²) in [6.07, 6.45) is 1.96. The third-order valence-corrected chi connectivity index (χ3v) is 2.35. The highest BCUT2D eigenvalue weighted by Crippen LogP contribution is 2.30. The largest absolute Gasteiger partial charge is 0.357 e. The smallest absolute Gasteiger partial charge is 0.0760 e. The molecule has 0 unspecified atom stereocenters. The molecule has 1 N–H and O–H groups in total. The molecule has 0 radical (unpaired) electrons. The van der Waals surface area contributed by atoms with Gasteiger partial charge in [-0.3, -0.25) is 0 Å². The third-order valence-electron chi connectivity index (χ3n) is 1.72. The molecule has 0 aromatic heterocycles. The molecule has 0 spiro atoms. The van der Waals surface area contributed by atoms with Gasteiger partial charge in [0.2, 0.25) is 0 Å². The lowest BCUT2D eigenvalue weighted by atomic mass is 10.3. The van der Waals surface area contributed by atoms with E-state index in [2.05, 4.69) is 5.32 Å². The Morgan fingerprint density at radius 3 is 2.31 bits per heavy atom. The van der Waals surface area contributed by atoms with Gasteiger partial charge in [-0.05, 0) is 26.0 Å². The number of hydrogen-bond acceptors (Lipinski definition) is 1. The Labute approximate surface area is 88.4 Å². The molecule has 0 saturated heterocycles. The molecule has 0 aliphatic rings. The minimum atomic E-state index is 0.633. The molecular formula is C10H11Cl2N. The normalized spacial score (nSPS) is 11.5. The molecule has 1 nitrogen and oxygen atoms in total. The van der Waals surface area contributed by atoms with Crippen LogP contribution in [0.3, 0.4) is 0 Å². The Kier molecular flexibility index (Phi) is 3.64. The zero-order chi connectivity index (χ0) is 9.84. The summed E-state index contributed by atoms with van der Waals surface area (Å²) < 4.78 is 0. The van der Waals surface area contributed by atoms with Crippen LogP contribution in [0.5, 0.6) is 0 Å². The lowest BCUT2D eigenvalue weighted by Gasteiger charge is -2.09. The summed E-state index contributed by atoms with van der Waals surface area (Å²) >= 11 is 11.9. The molecule has 0 fully saturated rings. The summed E-state index contributed by atoms with van der Waals surface area (Å²) in [5.41, 5.74) is 1.79. The Morgan fingerprint density at radius 1 is 1.31 bits per heavy atom. The van der Waals surface area contributed by atoms with Crippen molar-refractivity contribution in [1.29, 1.82) is 0 Å². The number of allylic oxidation sites excluding steroid dienone is 2. The van der Waals surface area contributed by atoms with Crippen LogP contribution in [0, 0.1) is 0 Å². The molecule has 0 aliphatic heterocycles. The van der Waals surface area contributed by atoms with E-state index in [1.165, 1.54) is 0 Å². The fourth-order valence-corrected chi connectivity index (χ4v) is 1.38. The molecule has 13 heavy (non-hydrogen) atoms. The van der Waals surface area contributed by atoms with Crippen molar-refractivity contribution in [2.24, 2.45) is 0 Å². The van der Waals surface area contributed by atoms with E-state index in [1.54, 1.807) is 12.1 Å². The van der Waals surface area contributed by atoms with Crippen molar-refractivity contribution in [3.63, 3.8) is 0 Å². The van der Waals surface area contributed by atoms with Crippen molar-refractivity contribution in [3.05, 3.63) is 40.0 Å². The van der Waals surface area contributed by atoms with E-state index >= 15 is 0 Å². The van der Waals surface area contributed by atoms with Crippen LogP contribution >= 0.6 is 23.2 Å². The van der Waals surface area contributed by atoms with Crippen LogP contribution in [0.4, 0.5) is 5.69 Å². The minimum Gasteiger partial charge on any atom is -0.357 e. The maximum Gasteiger partial charge on any atom is 0.0760 e. The van der Waals surface area contributed by atoms with Crippen LogP contribution < -0.4 is 5.32 Å². The van der Waals surface area contributed by atoms with E-state index in [9.17, 15) is 0 Å². The van der Waals surface area contributed by atoms with Gasteiger partial charge in [-0.2, -0.15) is 0 Å². The number of rotatable bonds is 2. The second-order valence-corrected chi connectivity index (χ2v) is 3.51. The highest BCUT2D eigenvalue weighted by atomic mass is 35.5. The number of anilines is 1. The first kappa shape index (κ1) is 10.4. The third kappa shape index (κ3) is 2.64. The van der Waals surface area contributed by atoms with Gasteiger partial charge in [0.05, 0.1) is 15.7 Å². The Hall–Kier alpha value is -0.660. The van der Waals surface area contributed by atoms with E-state index < -0.39 is 0 Å². The lowest BCUT2D eigenvalue weighted by Crippen LogP contribution is -1.96. The molecule has 0 bridgehead atoms. The molecule has 1 rings (SSSR count). The number of para-hydroxylation sites is 1. The van der Waals surface area contributed by atoms with Crippen molar-refractivity contribution in [2.45, 2.75) is 13.8 Å². The first-order chi connectivity index (χ1) is 6.15. The van der Waals surface area contributed by atoms with E-state index in [4.69, 9.17) is 23.2 Å². The fraction of sp³-hybridized carbons (Fsp3) is 0.200. The van der Waals surface area contributed by atoms with Crippen LogP contribution in [-0.4, -0.2) is 0 Å². The van der Waals surface area contributed by atoms with E-state index in [0.717, 1.165) is 11.4 Å². The SMILES string of the molecule is C/C=C(/C)Nc1c(Cl)cccc1Cl. The van der Waals surface area contributed by atoms with Gasteiger partial charge in [-0.1, -0.05) is 35.3 Å². The van der Waals surface area contributed by atoms with Gasteiger partial charge in [-0.15, -0.1) is 0 Å². The van der Waals surface area contributed by atoms with Crippen molar-refractivity contribution < 1.29 is 0 Å². The molecule has 0 amide bonds. The number of benzene rings is 1. The average molecular weight is 216 g/mol. The highest BCUT2D eigenvalue weighted by molar-refractivity contribution is 6.39. The van der Waals surface area contributed by atoms with Gasteiger partial charge < -0.3 is 5.32 Å². The zero-order valence-electron chi connectivity index (χ0n) is 7.57. The van der Waals surface area contributed by atoms with Crippen LogP contribution in [-0.2, 0) is 0 Å². The molecule has 1 aromatic rings. The van der Waals surface area contributed by atoms with Crippen LogP contribution in [0.25, 0.3) is 0 Å². The zero-order valence-corrected chi connectivity index (χ0v) is 9.08. The van der Waals surface area contributed by atoms with Crippen LogP contribution in [0.2, 0.25) is 10.0 Å². The van der Waals surface area contributed by atoms with E-state index in [-0.39, 0.29) is 0 Å². The molecule has 0 atom stereocenters. The standard InChI is InChI=1S/C10H11Cl2N/c1-3-7(2)13-10-8(11)5-4-6-9(10)12/h3-6,13H,1-2H3/b7-3-.